The van der Waals surface area contributed by atoms with Gasteiger partial charge in [0.1, 0.15) is 11.3 Å². The van der Waals surface area contributed by atoms with Gasteiger partial charge in [-0.25, -0.2) is 9.79 Å². The van der Waals surface area contributed by atoms with Gasteiger partial charge >= 0.3 is 5.97 Å². The summed E-state index contributed by atoms with van der Waals surface area (Å²) in [6, 6.07) is 1.42. The number of nitrogens with two attached hydrogens (primary N) is 3. The number of fused-ring (bicyclic) bond motifs is 1. The fourth-order valence-electron chi connectivity index (χ4n) is 2.05. The highest BCUT2D eigenvalue weighted by Crippen LogP contribution is 2.41. The summed E-state index contributed by atoms with van der Waals surface area (Å²) in [5, 5.41) is 9.24. The second kappa shape index (κ2) is 6.00. The van der Waals surface area contributed by atoms with Crippen molar-refractivity contribution in [2.24, 2.45) is 27.2 Å². The van der Waals surface area contributed by atoms with Crippen LogP contribution in [0.2, 0.25) is 0 Å². The Morgan fingerprint density at radius 2 is 2.10 bits per heavy atom. The van der Waals surface area contributed by atoms with E-state index in [-0.39, 0.29) is 17.5 Å². The smallest absolute Gasteiger partial charge is 0.339 e. The van der Waals surface area contributed by atoms with E-state index < -0.39 is 5.97 Å². The van der Waals surface area contributed by atoms with E-state index >= 15 is 0 Å². The lowest BCUT2D eigenvalue weighted by Crippen LogP contribution is -2.26. The van der Waals surface area contributed by atoms with Gasteiger partial charge in [0.15, 0.2) is 5.96 Å². The SMILES string of the molecule is NC(N)=NC(N)=Nc1c(Br)cc(C(=O)O)c2c1CCCO2. The van der Waals surface area contributed by atoms with Crippen molar-refractivity contribution < 1.29 is 14.6 Å². The van der Waals surface area contributed by atoms with Crippen LogP contribution in [0.4, 0.5) is 5.69 Å². The summed E-state index contributed by atoms with van der Waals surface area (Å²) in [6.45, 7) is 0.460. The highest BCUT2D eigenvalue weighted by molar-refractivity contribution is 9.10. The molecule has 1 aliphatic rings. The molecule has 0 saturated heterocycles. The largest absolute Gasteiger partial charge is 0.492 e. The van der Waals surface area contributed by atoms with Gasteiger partial charge in [-0.1, -0.05) is 0 Å². The van der Waals surface area contributed by atoms with Crippen LogP contribution < -0.4 is 21.9 Å². The van der Waals surface area contributed by atoms with Gasteiger partial charge in [0, 0.05) is 10.0 Å². The Morgan fingerprint density at radius 1 is 1.38 bits per heavy atom. The van der Waals surface area contributed by atoms with Crippen molar-refractivity contribution >= 4 is 39.5 Å². The van der Waals surface area contributed by atoms with Crippen molar-refractivity contribution in [1.29, 1.82) is 0 Å². The molecule has 1 heterocycles. The Hall–Kier alpha value is -2.29. The first-order valence-electron chi connectivity index (χ1n) is 6.05. The highest BCUT2D eigenvalue weighted by Gasteiger charge is 2.24. The second-order valence-corrected chi connectivity index (χ2v) is 5.18. The van der Waals surface area contributed by atoms with E-state index in [1.165, 1.54) is 6.07 Å². The van der Waals surface area contributed by atoms with Crippen molar-refractivity contribution in [1.82, 2.24) is 0 Å². The molecular formula is C12H14BrN5O3. The van der Waals surface area contributed by atoms with Gasteiger partial charge in [-0.15, -0.1) is 0 Å². The molecule has 2 rings (SSSR count). The van der Waals surface area contributed by atoms with Crippen molar-refractivity contribution in [2.45, 2.75) is 12.8 Å². The summed E-state index contributed by atoms with van der Waals surface area (Å²) in [6.07, 6.45) is 1.39. The first kappa shape index (κ1) is 15.1. The zero-order chi connectivity index (χ0) is 15.6. The molecule has 9 heteroatoms. The van der Waals surface area contributed by atoms with E-state index in [2.05, 4.69) is 25.9 Å². The number of halogens is 1. The molecule has 0 radical (unpaired) electrons. The van der Waals surface area contributed by atoms with E-state index in [1.807, 2.05) is 0 Å². The van der Waals surface area contributed by atoms with Crippen LogP contribution in [0.5, 0.6) is 5.75 Å². The lowest BCUT2D eigenvalue weighted by atomic mass is 10.0. The average Bonchev–Trinajstić information content (AvgIpc) is 2.40. The summed E-state index contributed by atoms with van der Waals surface area (Å²) in [5.74, 6) is -1.08. The van der Waals surface area contributed by atoms with Gasteiger partial charge in [0.05, 0.1) is 12.3 Å². The fraction of sp³-hybridized carbons (Fsp3) is 0.250. The number of benzene rings is 1. The van der Waals surface area contributed by atoms with Gasteiger partial charge in [-0.2, -0.15) is 4.99 Å². The third-order valence-corrected chi connectivity index (χ3v) is 3.42. The standard InChI is InChI=1S/C12H14BrN5O3/c13-7-4-6(10(19)20)9-5(2-1-3-21-9)8(7)17-12(16)18-11(14)15/h4H,1-3H2,(H,19,20)(H6,14,15,16,17,18). The number of ether oxygens (including phenoxy) is 1. The van der Waals surface area contributed by atoms with Crippen LogP contribution in [-0.4, -0.2) is 29.6 Å². The molecule has 0 bridgehead atoms. The molecule has 1 aromatic carbocycles. The predicted molar refractivity (Wildman–Crippen MR) is 82.0 cm³/mol. The Bertz CT molecular complexity index is 653. The fourth-order valence-corrected chi connectivity index (χ4v) is 2.60. The molecule has 0 atom stereocenters. The molecule has 7 N–H and O–H groups in total. The van der Waals surface area contributed by atoms with Crippen molar-refractivity contribution in [3.63, 3.8) is 0 Å². The monoisotopic (exact) mass is 355 g/mol. The number of hydrogen-bond donors (Lipinski definition) is 4. The molecule has 1 aliphatic heterocycles. The van der Waals surface area contributed by atoms with Crippen LogP contribution in [0.15, 0.2) is 20.5 Å². The number of rotatable bonds is 2. The Labute approximate surface area is 128 Å². The van der Waals surface area contributed by atoms with Crippen molar-refractivity contribution in [3.05, 3.63) is 21.7 Å². The number of nitrogens with zero attached hydrogens (tertiary/aromatic N) is 2. The molecular weight excluding hydrogens is 342 g/mol. The van der Waals surface area contributed by atoms with Crippen LogP contribution in [-0.2, 0) is 6.42 Å². The third kappa shape index (κ3) is 3.24. The summed E-state index contributed by atoms with van der Waals surface area (Å²) in [7, 11) is 0. The summed E-state index contributed by atoms with van der Waals surface area (Å²) < 4.78 is 5.96. The van der Waals surface area contributed by atoms with E-state index in [4.69, 9.17) is 21.9 Å². The lowest BCUT2D eigenvalue weighted by molar-refractivity contribution is 0.0691. The Kier molecular flexibility index (Phi) is 4.32. The van der Waals surface area contributed by atoms with Crippen molar-refractivity contribution in [2.75, 3.05) is 6.61 Å². The normalized spacial score (nSPS) is 14.0. The minimum absolute atomic E-state index is 0.0796. The maximum atomic E-state index is 11.3. The van der Waals surface area contributed by atoms with Crippen LogP contribution in [0.3, 0.4) is 0 Å². The van der Waals surface area contributed by atoms with Gasteiger partial charge in [0.25, 0.3) is 0 Å². The van der Waals surface area contributed by atoms with Crippen LogP contribution in [0.25, 0.3) is 0 Å². The number of guanidine groups is 2. The minimum atomic E-state index is -1.07. The molecule has 0 amide bonds. The first-order valence-corrected chi connectivity index (χ1v) is 6.84. The highest BCUT2D eigenvalue weighted by atomic mass is 79.9. The minimum Gasteiger partial charge on any atom is -0.492 e. The Morgan fingerprint density at radius 3 is 2.71 bits per heavy atom. The summed E-state index contributed by atoms with van der Waals surface area (Å²) in [5.41, 5.74) is 17.3. The summed E-state index contributed by atoms with van der Waals surface area (Å²) in [4.78, 5) is 19.1. The van der Waals surface area contributed by atoms with Crippen LogP contribution in [0.1, 0.15) is 22.3 Å². The molecule has 8 nitrogen and oxygen atoms in total. The topological polar surface area (TPSA) is 149 Å². The molecule has 21 heavy (non-hydrogen) atoms. The lowest BCUT2D eigenvalue weighted by Gasteiger charge is -2.21. The zero-order valence-electron chi connectivity index (χ0n) is 11.0. The van der Waals surface area contributed by atoms with Gasteiger partial charge in [-0.05, 0) is 34.8 Å². The number of carboxylic acids is 1. The summed E-state index contributed by atoms with van der Waals surface area (Å²) >= 11 is 3.30. The van der Waals surface area contributed by atoms with Gasteiger partial charge in [-0.3, -0.25) is 0 Å². The molecule has 0 fully saturated rings. The second-order valence-electron chi connectivity index (χ2n) is 4.33. The maximum Gasteiger partial charge on any atom is 0.339 e. The number of aromatic carboxylic acids is 1. The van der Waals surface area contributed by atoms with Crippen molar-refractivity contribution in [3.8, 4) is 5.75 Å². The molecule has 0 saturated carbocycles. The van der Waals surface area contributed by atoms with Gasteiger partial charge in [0.2, 0.25) is 5.96 Å². The molecule has 0 aliphatic carbocycles. The number of carboxylic acid groups (broad SMARTS) is 1. The molecule has 0 unspecified atom stereocenters. The van der Waals surface area contributed by atoms with E-state index in [1.54, 1.807) is 0 Å². The average molecular weight is 356 g/mol. The van der Waals surface area contributed by atoms with E-state index in [9.17, 15) is 9.90 Å². The van der Waals surface area contributed by atoms with Crippen LogP contribution >= 0.6 is 15.9 Å². The third-order valence-electron chi connectivity index (χ3n) is 2.82. The number of carbonyl (C=O) groups is 1. The quantitative estimate of drug-likeness (QED) is 0.452. The number of aliphatic imine (C=N–C) groups is 2. The number of hydrogen-bond acceptors (Lipinski definition) is 3. The Balaban J connectivity index is 2.62. The maximum absolute atomic E-state index is 11.3. The van der Waals surface area contributed by atoms with E-state index in [0.29, 0.717) is 34.5 Å². The molecule has 112 valence electrons. The van der Waals surface area contributed by atoms with E-state index in [0.717, 1.165) is 6.42 Å². The first-order chi connectivity index (χ1) is 9.90. The molecule has 0 spiro atoms. The predicted octanol–water partition coefficient (Wildman–Crippen LogP) is 0.692. The molecule has 0 aromatic heterocycles. The molecule has 1 aromatic rings. The van der Waals surface area contributed by atoms with Gasteiger partial charge < -0.3 is 27.0 Å². The van der Waals surface area contributed by atoms with Crippen LogP contribution in [0, 0.1) is 0 Å². The zero-order valence-corrected chi connectivity index (χ0v) is 12.6.